The zero-order chi connectivity index (χ0) is 15.4. The first-order valence-electron chi connectivity index (χ1n) is 6.99. The normalized spacial score (nSPS) is 13.9. The lowest BCUT2D eigenvalue weighted by atomic mass is 10.2. The van der Waals surface area contributed by atoms with Crippen molar-refractivity contribution in [2.45, 2.75) is 38.8 Å². The van der Waals surface area contributed by atoms with Crippen molar-refractivity contribution < 1.29 is 14.3 Å². The Morgan fingerprint density at radius 3 is 2.71 bits per heavy atom. The summed E-state index contributed by atoms with van der Waals surface area (Å²) in [4.78, 5) is 23.8. The second-order valence-corrected chi connectivity index (χ2v) is 5.77. The van der Waals surface area contributed by atoms with Crippen molar-refractivity contribution >= 4 is 23.4 Å². The average molecular weight is 311 g/mol. The van der Waals surface area contributed by atoms with Crippen LogP contribution in [0.4, 0.5) is 0 Å². The van der Waals surface area contributed by atoms with E-state index >= 15 is 0 Å². The predicted molar refractivity (Wildman–Crippen MR) is 80.7 cm³/mol. The number of carbonyl (C=O) groups is 2. The highest BCUT2D eigenvalue weighted by molar-refractivity contribution is 6.31. The lowest BCUT2D eigenvalue weighted by Crippen LogP contribution is -2.38. The van der Waals surface area contributed by atoms with Gasteiger partial charge in [-0.15, -0.1) is 0 Å². The lowest BCUT2D eigenvalue weighted by molar-refractivity contribution is -0.120. The van der Waals surface area contributed by atoms with Crippen LogP contribution < -0.4 is 15.4 Å². The molecule has 0 unspecified atom stereocenters. The minimum atomic E-state index is -0.376. The van der Waals surface area contributed by atoms with Crippen LogP contribution in [0.3, 0.4) is 0 Å². The molecule has 21 heavy (non-hydrogen) atoms. The molecule has 0 aliphatic heterocycles. The topological polar surface area (TPSA) is 67.4 Å². The second kappa shape index (κ2) is 6.80. The van der Waals surface area contributed by atoms with Crippen molar-refractivity contribution in [1.82, 2.24) is 10.6 Å². The number of rotatable bonds is 6. The molecule has 0 bridgehead atoms. The van der Waals surface area contributed by atoms with Gasteiger partial charge in [-0.1, -0.05) is 11.6 Å². The molecule has 1 aliphatic rings. The highest BCUT2D eigenvalue weighted by Gasteiger charge is 2.23. The molecular weight excluding hydrogens is 292 g/mol. The van der Waals surface area contributed by atoms with Gasteiger partial charge in [-0.3, -0.25) is 9.59 Å². The van der Waals surface area contributed by atoms with Gasteiger partial charge in [-0.25, -0.2) is 0 Å². The molecule has 0 spiro atoms. The minimum absolute atomic E-state index is 0.0526. The van der Waals surface area contributed by atoms with Crippen molar-refractivity contribution in [3.05, 3.63) is 28.8 Å². The molecule has 0 saturated heterocycles. The molecule has 1 saturated carbocycles. The Bertz CT molecular complexity index is 542. The van der Waals surface area contributed by atoms with E-state index in [2.05, 4.69) is 10.6 Å². The van der Waals surface area contributed by atoms with Crippen molar-refractivity contribution in [3.63, 3.8) is 0 Å². The van der Waals surface area contributed by atoms with Gasteiger partial charge in [0, 0.05) is 11.1 Å². The number of hydrogen-bond acceptors (Lipinski definition) is 3. The van der Waals surface area contributed by atoms with E-state index < -0.39 is 0 Å². The Morgan fingerprint density at radius 2 is 2.10 bits per heavy atom. The van der Waals surface area contributed by atoms with Crippen molar-refractivity contribution in [3.8, 4) is 5.75 Å². The first-order chi connectivity index (χ1) is 9.95. The zero-order valence-corrected chi connectivity index (χ0v) is 12.9. The largest absolute Gasteiger partial charge is 0.490 e. The van der Waals surface area contributed by atoms with Crippen LogP contribution in [0.2, 0.25) is 5.02 Å². The van der Waals surface area contributed by atoms with Crippen molar-refractivity contribution in [1.29, 1.82) is 0 Å². The summed E-state index contributed by atoms with van der Waals surface area (Å²) in [5, 5.41) is 5.83. The van der Waals surface area contributed by atoms with Crippen LogP contribution in [0.1, 0.15) is 37.0 Å². The van der Waals surface area contributed by atoms with E-state index in [9.17, 15) is 9.59 Å². The van der Waals surface area contributed by atoms with E-state index in [1.54, 1.807) is 12.1 Å². The van der Waals surface area contributed by atoms with Crippen LogP contribution in [0.25, 0.3) is 0 Å². The van der Waals surface area contributed by atoms with Gasteiger partial charge >= 0.3 is 0 Å². The molecule has 0 aromatic heterocycles. The summed E-state index contributed by atoms with van der Waals surface area (Å²) in [7, 11) is 0. The molecular formula is C15H19ClN2O3. The number of hydrogen-bond donors (Lipinski definition) is 2. The highest BCUT2D eigenvalue weighted by atomic mass is 35.5. The third-order valence-corrected chi connectivity index (χ3v) is 3.14. The lowest BCUT2D eigenvalue weighted by Gasteiger charge is -2.14. The maximum absolute atomic E-state index is 12.2. The van der Waals surface area contributed by atoms with E-state index in [1.807, 2.05) is 13.8 Å². The molecule has 2 rings (SSSR count). The van der Waals surface area contributed by atoms with Gasteiger partial charge in [0.15, 0.2) is 0 Å². The third kappa shape index (κ3) is 4.93. The Balaban J connectivity index is 1.99. The summed E-state index contributed by atoms with van der Waals surface area (Å²) in [5.41, 5.74) is 0.329. The first-order valence-corrected chi connectivity index (χ1v) is 7.37. The summed E-state index contributed by atoms with van der Waals surface area (Å²) < 4.78 is 5.58. The first kappa shape index (κ1) is 15.6. The summed E-state index contributed by atoms with van der Waals surface area (Å²) >= 11 is 5.92. The summed E-state index contributed by atoms with van der Waals surface area (Å²) in [6.07, 6.45) is 1.97. The van der Waals surface area contributed by atoms with Gasteiger partial charge in [-0.2, -0.15) is 0 Å². The maximum atomic E-state index is 12.2. The van der Waals surface area contributed by atoms with E-state index in [-0.39, 0.29) is 30.5 Å². The summed E-state index contributed by atoms with van der Waals surface area (Å²) in [5.74, 6) is -0.104. The number of ether oxygens (including phenoxy) is 1. The maximum Gasteiger partial charge on any atom is 0.255 e. The van der Waals surface area contributed by atoms with Crippen LogP contribution in [0.15, 0.2) is 18.2 Å². The van der Waals surface area contributed by atoms with Crippen LogP contribution in [-0.2, 0) is 4.79 Å². The SMILES string of the molecule is CC(C)Oc1ccc(Cl)cc1C(=O)NCC(=O)NC1CC1. The molecule has 0 radical (unpaired) electrons. The van der Waals surface area contributed by atoms with Gasteiger partial charge in [0.1, 0.15) is 5.75 Å². The van der Waals surface area contributed by atoms with Gasteiger partial charge in [-0.05, 0) is 44.9 Å². The predicted octanol–water partition coefficient (Wildman–Crippen LogP) is 2.14. The van der Waals surface area contributed by atoms with E-state index in [0.29, 0.717) is 16.3 Å². The molecule has 2 amide bonds. The molecule has 2 N–H and O–H groups in total. The molecule has 5 nitrogen and oxygen atoms in total. The standard InChI is InChI=1S/C15H19ClN2O3/c1-9(2)21-13-6-3-10(16)7-12(13)15(20)17-8-14(19)18-11-4-5-11/h3,6-7,9,11H,4-5,8H2,1-2H3,(H,17,20)(H,18,19). The minimum Gasteiger partial charge on any atom is -0.490 e. The Labute approximate surface area is 129 Å². The number of nitrogens with one attached hydrogen (secondary N) is 2. The molecule has 0 atom stereocenters. The summed E-state index contributed by atoms with van der Waals surface area (Å²) in [6.45, 7) is 3.70. The van der Waals surface area contributed by atoms with Crippen LogP contribution in [0.5, 0.6) is 5.75 Å². The second-order valence-electron chi connectivity index (χ2n) is 5.33. The smallest absolute Gasteiger partial charge is 0.255 e. The highest BCUT2D eigenvalue weighted by Crippen LogP contribution is 2.24. The Hall–Kier alpha value is -1.75. The third-order valence-electron chi connectivity index (χ3n) is 2.90. The van der Waals surface area contributed by atoms with Crippen molar-refractivity contribution in [2.75, 3.05) is 6.54 Å². The molecule has 6 heteroatoms. The molecule has 114 valence electrons. The number of halogens is 1. The van der Waals surface area contributed by atoms with Crippen LogP contribution in [-0.4, -0.2) is 30.5 Å². The fraction of sp³-hybridized carbons (Fsp3) is 0.467. The molecule has 1 aliphatic carbocycles. The van der Waals surface area contributed by atoms with E-state index in [0.717, 1.165) is 12.8 Å². The number of benzene rings is 1. The number of carbonyl (C=O) groups excluding carboxylic acids is 2. The molecule has 1 aromatic rings. The number of amides is 2. The van der Waals surface area contributed by atoms with Crippen molar-refractivity contribution in [2.24, 2.45) is 0 Å². The molecule has 1 aromatic carbocycles. The Kier molecular flexibility index (Phi) is 5.07. The quantitative estimate of drug-likeness (QED) is 0.846. The fourth-order valence-corrected chi connectivity index (χ4v) is 1.97. The van der Waals surface area contributed by atoms with Crippen LogP contribution in [0, 0.1) is 0 Å². The summed E-state index contributed by atoms with van der Waals surface area (Å²) in [6, 6.07) is 5.13. The van der Waals surface area contributed by atoms with Crippen LogP contribution >= 0.6 is 11.6 Å². The zero-order valence-electron chi connectivity index (χ0n) is 12.1. The van der Waals surface area contributed by atoms with E-state index in [1.165, 1.54) is 6.07 Å². The van der Waals surface area contributed by atoms with Gasteiger partial charge < -0.3 is 15.4 Å². The molecule has 0 heterocycles. The fourth-order valence-electron chi connectivity index (χ4n) is 1.80. The Morgan fingerprint density at radius 1 is 1.38 bits per heavy atom. The van der Waals surface area contributed by atoms with E-state index in [4.69, 9.17) is 16.3 Å². The van der Waals surface area contributed by atoms with Gasteiger partial charge in [0.25, 0.3) is 5.91 Å². The van der Waals surface area contributed by atoms with Gasteiger partial charge in [0.2, 0.25) is 5.91 Å². The monoisotopic (exact) mass is 310 g/mol. The molecule has 1 fully saturated rings. The van der Waals surface area contributed by atoms with Gasteiger partial charge in [0.05, 0.1) is 18.2 Å². The average Bonchev–Trinajstić information content (AvgIpc) is 3.21.